The number of benzene rings is 3. The normalized spacial score (nSPS) is 12.2. The van der Waals surface area contributed by atoms with Crippen molar-refractivity contribution >= 4 is 33.2 Å². The minimum Gasteiger partial charge on any atom is -0.495 e. The molecule has 0 aliphatic rings. The summed E-state index contributed by atoms with van der Waals surface area (Å²) in [6.07, 6.45) is 3.35. The maximum Gasteiger partial charge on any atom is 0.245 e. The summed E-state index contributed by atoms with van der Waals surface area (Å²) < 4.78 is 34.2. The molecule has 3 aromatic carbocycles. The number of nitrogens with one attached hydrogen (secondary N) is 2. The molecule has 34 heavy (non-hydrogen) atoms. The second kappa shape index (κ2) is 12.0. The number of unbranched alkanes of at least 4 members (excludes halogenated alkanes) is 1. The Morgan fingerprint density at radius 2 is 1.71 bits per heavy atom. The van der Waals surface area contributed by atoms with Gasteiger partial charge in [-0.15, -0.1) is 0 Å². The van der Waals surface area contributed by atoms with Crippen LogP contribution in [0.2, 0.25) is 5.02 Å². The number of rotatable bonds is 11. The number of aryl methyl sites for hydroxylation is 1. The van der Waals surface area contributed by atoms with E-state index in [1.165, 1.54) is 30.9 Å². The average Bonchev–Trinajstić information content (AvgIpc) is 2.83. The topological polar surface area (TPSA) is 84.5 Å². The summed E-state index contributed by atoms with van der Waals surface area (Å²) in [6, 6.07) is 20.1. The summed E-state index contributed by atoms with van der Waals surface area (Å²) in [5.41, 5.74) is 2.61. The highest BCUT2D eigenvalue weighted by molar-refractivity contribution is 7.89. The number of carbonyl (C=O) groups is 1. The van der Waals surface area contributed by atoms with E-state index in [0.29, 0.717) is 5.69 Å². The highest BCUT2D eigenvalue weighted by atomic mass is 35.5. The highest BCUT2D eigenvalue weighted by Gasteiger charge is 2.28. The summed E-state index contributed by atoms with van der Waals surface area (Å²) in [4.78, 5) is 13.1. The number of hydrogen-bond donors (Lipinski definition) is 2. The number of sulfonamides is 1. The van der Waals surface area contributed by atoms with Crippen LogP contribution >= 0.6 is 11.6 Å². The van der Waals surface area contributed by atoms with E-state index in [-0.39, 0.29) is 22.1 Å². The van der Waals surface area contributed by atoms with Gasteiger partial charge in [0.2, 0.25) is 15.9 Å². The maximum atomic E-state index is 13.2. The van der Waals surface area contributed by atoms with Gasteiger partial charge in [0.1, 0.15) is 16.7 Å². The smallest absolute Gasteiger partial charge is 0.245 e. The van der Waals surface area contributed by atoms with Crippen LogP contribution in [0.1, 0.15) is 30.9 Å². The van der Waals surface area contributed by atoms with Crippen LogP contribution in [0.5, 0.6) is 5.75 Å². The van der Waals surface area contributed by atoms with E-state index in [0.717, 1.165) is 24.8 Å². The first-order valence-corrected chi connectivity index (χ1v) is 13.0. The molecule has 0 bridgehead atoms. The quantitative estimate of drug-likeness (QED) is 0.378. The zero-order valence-corrected chi connectivity index (χ0v) is 20.8. The molecule has 0 aromatic heterocycles. The van der Waals surface area contributed by atoms with E-state index < -0.39 is 22.0 Å². The molecule has 0 heterocycles. The molecule has 0 unspecified atom stereocenters. The molecular weight excluding hydrogens is 472 g/mol. The lowest BCUT2D eigenvalue weighted by molar-refractivity contribution is -0.117. The monoisotopic (exact) mass is 500 g/mol. The van der Waals surface area contributed by atoms with Crippen molar-refractivity contribution < 1.29 is 17.9 Å². The zero-order valence-electron chi connectivity index (χ0n) is 19.3. The summed E-state index contributed by atoms with van der Waals surface area (Å²) in [5.74, 6) is -0.326. The number of ether oxygens (including phenoxy) is 1. The Balaban J connectivity index is 1.85. The largest absolute Gasteiger partial charge is 0.495 e. The fraction of sp³-hybridized carbons (Fsp3) is 0.269. The van der Waals surface area contributed by atoms with Crippen molar-refractivity contribution in [2.75, 3.05) is 12.4 Å². The van der Waals surface area contributed by atoms with E-state index in [4.69, 9.17) is 16.3 Å². The average molecular weight is 501 g/mol. The van der Waals surface area contributed by atoms with Crippen molar-refractivity contribution in [3.8, 4) is 5.75 Å². The van der Waals surface area contributed by atoms with Gasteiger partial charge in [-0.2, -0.15) is 4.72 Å². The molecule has 3 rings (SSSR count). The van der Waals surface area contributed by atoms with Crippen LogP contribution in [0.3, 0.4) is 0 Å². The lowest BCUT2D eigenvalue weighted by Crippen LogP contribution is -2.45. The predicted octanol–water partition coefficient (Wildman–Crippen LogP) is 5.22. The van der Waals surface area contributed by atoms with E-state index in [1.54, 1.807) is 0 Å². The lowest BCUT2D eigenvalue weighted by atomic mass is 10.1. The zero-order chi connectivity index (χ0) is 24.6. The fourth-order valence-electron chi connectivity index (χ4n) is 3.51. The van der Waals surface area contributed by atoms with Crippen LogP contribution in [0.15, 0.2) is 77.7 Å². The second-order valence-corrected chi connectivity index (χ2v) is 10.1. The van der Waals surface area contributed by atoms with Crippen molar-refractivity contribution in [3.63, 3.8) is 0 Å². The van der Waals surface area contributed by atoms with E-state index in [1.807, 2.05) is 54.6 Å². The van der Waals surface area contributed by atoms with Crippen LogP contribution in [-0.2, 0) is 27.7 Å². The van der Waals surface area contributed by atoms with Crippen molar-refractivity contribution in [2.45, 2.75) is 43.5 Å². The number of amides is 1. The third-order valence-electron chi connectivity index (χ3n) is 5.35. The van der Waals surface area contributed by atoms with Gasteiger partial charge in [-0.25, -0.2) is 8.42 Å². The van der Waals surface area contributed by atoms with Gasteiger partial charge in [0, 0.05) is 10.7 Å². The third kappa shape index (κ3) is 7.06. The Labute approximate surface area is 206 Å². The molecule has 6 nitrogen and oxygen atoms in total. The van der Waals surface area contributed by atoms with Crippen molar-refractivity contribution in [1.82, 2.24) is 4.72 Å². The number of halogens is 1. The van der Waals surface area contributed by atoms with Gasteiger partial charge in [0.05, 0.1) is 7.11 Å². The van der Waals surface area contributed by atoms with Crippen molar-refractivity contribution in [3.05, 3.63) is 88.9 Å². The third-order valence-corrected chi connectivity index (χ3v) is 7.08. The Morgan fingerprint density at radius 3 is 2.35 bits per heavy atom. The lowest BCUT2D eigenvalue weighted by Gasteiger charge is -2.20. The second-order valence-electron chi connectivity index (χ2n) is 7.95. The SMILES string of the molecule is CCCCc1ccc(NC(=O)[C@@H](Cc2ccccc2)NS(=O)(=O)c2cc(Cl)ccc2OC)cc1. The molecule has 0 spiro atoms. The molecule has 8 heteroatoms. The van der Waals surface area contributed by atoms with Crippen LogP contribution in [0.4, 0.5) is 5.69 Å². The Bertz CT molecular complexity index is 1200. The van der Waals surface area contributed by atoms with E-state index in [2.05, 4.69) is 17.0 Å². The number of hydrogen-bond acceptors (Lipinski definition) is 4. The summed E-state index contributed by atoms with van der Waals surface area (Å²) >= 11 is 6.03. The number of carbonyl (C=O) groups excluding carboxylic acids is 1. The first kappa shape index (κ1) is 25.7. The predicted molar refractivity (Wildman–Crippen MR) is 136 cm³/mol. The Morgan fingerprint density at radius 1 is 1.00 bits per heavy atom. The first-order valence-electron chi connectivity index (χ1n) is 11.1. The van der Waals surface area contributed by atoms with Gasteiger partial charge in [-0.1, -0.05) is 67.4 Å². The summed E-state index contributed by atoms with van der Waals surface area (Å²) in [5, 5.41) is 3.08. The molecule has 1 atom stereocenters. The Kier molecular flexibility index (Phi) is 9.10. The highest BCUT2D eigenvalue weighted by Crippen LogP contribution is 2.27. The number of methoxy groups -OCH3 is 1. The molecule has 3 aromatic rings. The Hall–Kier alpha value is -2.87. The number of anilines is 1. The minimum atomic E-state index is -4.12. The standard InChI is InChI=1S/C26H29ClN2O4S/c1-3-4-8-19-11-14-22(15-12-19)28-26(30)23(17-20-9-6-5-7-10-20)29-34(31,32)25-18-21(27)13-16-24(25)33-2/h5-7,9-16,18,23,29H,3-4,8,17H2,1-2H3,(H,28,30)/t23-/m1/s1. The molecule has 0 aliphatic carbocycles. The summed E-state index contributed by atoms with van der Waals surface area (Å²) in [6.45, 7) is 2.14. The van der Waals surface area contributed by atoms with Crippen LogP contribution < -0.4 is 14.8 Å². The van der Waals surface area contributed by atoms with Gasteiger partial charge < -0.3 is 10.1 Å². The molecule has 0 radical (unpaired) electrons. The van der Waals surface area contributed by atoms with Gasteiger partial charge in [0.15, 0.2) is 0 Å². The van der Waals surface area contributed by atoms with Crippen LogP contribution in [0, 0.1) is 0 Å². The van der Waals surface area contributed by atoms with Crippen molar-refractivity contribution in [2.24, 2.45) is 0 Å². The molecule has 180 valence electrons. The van der Waals surface area contributed by atoms with Gasteiger partial charge in [-0.3, -0.25) is 4.79 Å². The first-order chi connectivity index (χ1) is 16.3. The molecule has 2 N–H and O–H groups in total. The summed E-state index contributed by atoms with van der Waals surface area (Å²) in [7, 11) is -2.74. The molecular formula is C26H29ClN2O4S. The molecule has 1 amide bonds. The van der Waals surface area contributed by atoms with E-state index >= 15 is 0 Å². The van der Waals surface area contributed by atoms with Crippen LogP contribution in [0.25, 0.3) is 0 Å². The molecule has 0 fully saturated rings. The molecule has 0 saturated carbocycles. The van der Waals surface area contributed by atoms with Gasteiger partial charge in [0.25, 0.3) is 0 Å². The van der Waals surface area contributed by atoms with Crippen molar-refractivity contribution in [1.29, 1.82) is 0 Å². The fourth-order valence-corrected chi connectivity index (χ4v) is 5.14. The van der Waals surface area contributed by atoms with Gasteiger partial charge >= 0.3 is 0 Å². The van der Waals surface area contributed by atoms with Gasteiger partial charge in [-0.05, 0) is 60.7 Å². The molecule has 0 saturated heterocycles. The molecule has 0 aliphatic heterocycles. The van der Waals surface area contributed by atoms with E-state index in [9.17, 15) is 13.2 Å². The maximum absolute atomic E-state index is 13.2. The minimum absolute atomic E-state index is 0.131. The van der Waals surface area contributed by atoms with Crippen LogP contribution in [-0.4, -0.2) is 27.5 Å².